The van der Waals surface area contributed by atoms with Crippen LogP contribution in [0.5, 0.6) is 0 Å². The summed E-state index contributed by atoms with van der Waals surface area (Å²) in [6, 6.07) is 10.3. The predicted octanol–water partition coefficient (Wildman–Crippen LogP) is 3.24. The maximum atomic E-state index is 10.9. The molecule has 0 aliphatic heterocycles. The molecular weight excluding hydrogens is 266 g/mol. The number of aromatic nitrogens is 1. The zero-order valence-corrected chi connectivity index (χ0v) is 11.0. The summed E-state index contributed by atoms with van der Waals surface area (Å²) in [6.45, 7) is 1.89. The second-order valence-corrected chi connectivity index (χ2v) is 4.48. The van der Waals surface area contributed by atoms with Gasteiger partial charge >= 0.3 is 11.5 Å². The highest BCUT2D eigenvalue weighted by atomic mass is 35.5. The van der Waals surface area contributed by atoms with Gasteiger partial charge in [-0.2, -0.15) is 0 Å². The van der Waals surface area contributed by atoms with Gasteiger partial charge in [0.05, 0.1) is 11.1 Å². The predicted molar refractivity (Wildman–Crippen MR) is 73.1 cm³/mol. The quantitative estimate of drug-likeness (QED) is 0.689. The van der Waals surface area contributed by atoms with Crippen LogP contribution < -0.4 is 10.3 Å². The maximum absolute atomic E-state index is 10.9. The fourth-order valence-corrected chi connectivity index (χ4v) is 2.12. The van der Waals surface area contributed by atoms with E-state index < -0.39 is 4.92 Å². The van der Waals surface area contributed by atoms with E-state index in [1.807, 2.05) is 25.1 Å². The Morgan fingerprint density at radius 2 is 2.05 bits per heavy atom. The van der Waals surface area contributed by atoms with E-state index in [1.165, 1.54) is 6.07 Å². The number of nitro groups is 1. The topological polar surface area (TPSA) is 69.3 Å². The van der Waals surface area contributed by atoms with Gasteiger partial charge in [0, 0.05) is 16.7 Å². The Labute approximate surface area is 115 Å². The van der Waals surface area contributed by atoms with Crippen molar-refractivity contribution in [2.45, 2.75) is 13.0 Å². The molecule has 0 aliphatic carbocycles. The lowest BCUT2D eigenvalue weighted by Gasteiger charge is -2.10. The molecule has 19 heavy (non-hydrogen) atoms. The lowest BCUT2D eigenvalue weighted by Crippen LogP contribution is -2.17. The molecule has 1 heterocycles. The zero-order chi connectivity index (χ0) is 13.8. The van der Waals surface area contributed by atoms with Crippen molar-refractivity contribution in [3.63, 3.8) is 0 Å². The van der Waals surface area contributed by atoms with Crippen LogP contribution in [0, 0.1) is 10.1 Å². The molecule has 0 aliphatic rings. The Bertz CT molecular complexity index is 604. The number of anilines is 1. The lowest BCUT2D eigenvalue weighted by molar-refractivity contribution is -0.409. The highest BCUT2D eigenvalue weighted by molar-refractivity contribution is 6.31. The molecule has 98 valence electrons. The molecule has 2 aromatic rings. The highest BCUT2D eigenvalue weighted by Gasteiger charge is 2.23. The Morgan fingerprint density at radius 1 is 1.32 bits per heavy atom. The Kier molecular flexibility index (Phi) is 3.97. The van der Waals surface area contributed by atoms with Crippen LogP contribution >= 0.6 is 11.6 Å². The lowest BCUT2D eigenvalue weighted by atomic mass is 10.1. The minimum atomic E-state index is -0.432. The summed E-state index contributed by atoms with van der Waals surface area (Å²) in [5.41, 5.74) is 0.886. The normalized spacial score (nSPS) is 11.9. The number of hydrogen-bond acceptors (Lipinski definition) is 3. The Hall–Kier alpha value is -2.14. The summed E-state index contributed by atoms with van der Waals surface area (Å²) >= 11 is 6.10. The first kappa shape index (κ1) is 13.3. The van der Waals surface area contributed by atoms with E-state index in [-0.39, 0.29) is 11.7 Å². The van der Waals surface area contributed by atoms with Gasteiger partial charge in [-0.3, -0.25) is 15.4 Å². The molecule has 5 nitrogen and oxygen atoms in total. The molecule has 0 spiro atoms. The standard InChI is InChI=1S/C13H12ClN3O2/c1-9(10-5-2-3-6-11(10)14)16-13-12(17(18)19)7-4-8-15-13/h2-9H,1H3,(H,15,16)/p+1/t9-/m1/s1. The molecule has 6 heteroatoms. The number of aromatic amines is 1. The van der Waals surface area contributed by atoms with Crippen LogP contribution in [0.1, 0.15) is 18.5 Å². The summed E-state index contributed by atoms with van der Waals surface area (Å²) in [7, 11) is 0. The number of rotatable bonds is 4. The van der Waals surface area contributed by atoms with Crippen LogP contribution in [0.25, 0.3) is 0 Å². The second-order valence-electron chi connectivity index (χ2n) is 4.08. The van der Waals surface area contributed by atoms with E-state index in [2.05, 4.69) is 10.3 Å². The molecule has 2 N–H and O–H groups in total. The van der Waals surface area contributed by atoms with Crippen LogP contribution in [-0.4, -0.2) is 4.92 Å². The van der Waals surface area contributed by atoms with Crippen molar-refractivity contribution in [1.29, 1.82) is 0 Å². The van der Waals surface area contributed by atoms with Crippen molar-refractivity contribution in [3.05, 3.63) is 63.3 Å². The van der Waals surface area contributed by atoms with Gasteiger partial charge in [0.1, 0.15) is 6.04 Å². The van der Waals surface area contributed by atoms with Crippen molar-refractivity contribution >= 4 is 23.1 Å². The van der Waals surface area contributed by atoms with E-state index in [1.54, 1.807) is 18.3 Å². The first-order valence-electron chi connectivity index (χ1n) is 5.75. The molecule has 1 atom stereocenters. The molecule has 2 rings (SSSR count). The van der Waals surface area contributed by atoms with E-state index in [0.29, 0.717) is 10.8 Å². The summed E-state index contributed by atoms with van der Waals surface area (Å²) in [5, 5.41) is 14.6. The van der Waals surface area contributed by atoms with Crippen molar-refractivity contribution in [1.82, 2.24) is 0 Å². The van der Waals surface area contributed by atoms with Gasteiger partial charge in [0.15, 0.2) is 0 Å². The van der Waals surface area contributed by atoms with E-state index in [9.17, 15) is 10.1 Å². The van der Waals surface area contributed by atoms with Crippen LogP contribution in [0.3, 0.4) is 0 Å². The number of pyridine rings is 1. The largest absolute Gasteiger partial charge is 0.357 e. The number of H-pyrrole nitrogens is 1. The smallest absolute Gasteiger partial charge is 0.262 e. The molecule has 1 aromatic heterocycles. The number of halogens is 1. The molecular formula is C13H13ClN3O2+. The van der Waals surface area contributed by atoms with E-state index in [4.69, 9.17) is 11.6 Å². The van der Waals surface area contributed by atoms with E-state index in [0.717, 1.165) is 5.56 Å². The first-order valence-corrected chi connectivity index (χ1v) is 6.13. The fraction of sp³-hybridized carbons (Fsp3) is 0.154. The monoisotopic (exact) mass is 278 g/mol. The van der Waals surface area contributed by atoms with Gasteiger partial charge in [-0.25, -0.2) is 4.98 Å². The molecule has 0 amide bonds. The third-order valence-corrected chi connectivity index (χ3v) is 3.11. The third-order valence-electron chi connectivity index (χ3n) is 2.76. The molecule has 0 radical (unpaired) electrons. The van der Waals surface area contributed by atoms with Gasteiger partial charge < -0.3 is 0 Å². The second kappa shape index (κ2) is 5.67. The molecule has 1 aromatic carbocycles. The van der Waals surface area contributed by atoms with Crippen LogP contribution in [-0.2, 0) is 0 Å². The molecule has 0 saturated heterocycles. The van der Waals surface area contributed by atoms with E-state index >= 15 is 0 Å². The van der Waals surface area contributed by atoms with Gasteiger partial charge in [-0.15, -0.1) is 0 Å². The molecule has 0 bridgehead atoms. The SMILES string of the molecule is C[C@@H](Nc1[nH+]cccc1[N+](=O)[O-])c1ccccc1Cl. The molecule has 0 saturated carbocycles. The van der Waals surface area contributed by atoms with Gasteiger partial charge in [-0.05, 0) is 19.1 Å². The first-order chi connectivity index (χ1) is 9.09. The zero-order valence-electron chi connectivity index (χ0n) is 10.3. The maximum Gasteiger partial charge on any atom is 0.357 e. The van der Waals surface area contributed by atoms with Crippen molar-refractivity contribution in [3.8, 4) is 0 Å². The molecule has 0 fully saturated rings. The number of nitrogens with one attached hydrogen (secondary N) is 2. The summed E-state index contributed by atoms with van der Waals surface area (Å²) < 4.78 is 0. The number of nitrogens with zero attached hydrogens (tertiary/aromatic N) is 1. The van der Waals surface area contributed by atoms with Crippen molar-refractivity contribution in [2.75, 3.05) is 5.32 Å². The minimum absolute atomic E-state index is 0.00130. The fourth-order valence-electron chi connectivity index (χ4n) is 1.82. The van der Waals surface area contributed by atoms with Crippen LogP contribution in [0.4, 0.5) is 11.5 Å². The molecule has 0 unspecified atom stereocenters. The van der Waals surface area contributed by atoms with Gasteiger partial charge in [-0.1, -0.05) is 29.8 Å². The Balaban J connectivity index is 2.27. The van der Waals surface area contributed by atoms with Gasteiger partial charge in [0.25, 0.3) is 0 Å². The van der Waals surface area contributed by atoms with Crippen LogP contribution in [0.15, 0.2) is 42.6 Å². The minimum Gasteiger partial charge on any atom is -0.262 e. The average Bonchev–Trinajstić information content (AvgIpc) is 2.39. The highest BCUT2D eigenvalue weighted by Crippen LogP contribution is 2.27. The number of benzene rings is 1. The van der Waals surface area contributed by atoms with Gasteiger partial charge in [0.2, 0.25) is 0 Å². The van der Waals surface area contributed by atoms with Crippen molar-refractivity contribution < 1.29 is 9.91 Å². The van der Waals surface area contributed by atoms with Crippen molar-refractivity contribution in [2.24, 2.45) is 0 Å². The summed E-state index contributed by atoms with van der Waals surface area (Å²) in [4.78, 5) is 13.3. The Morgan fingerprint density at radius 3 is 2.74 bits per heavy atom. The average molecular weight is 279 g/mol. The summed E-state index contributed by atoms with van der Waals surface area (Å²) in [5.74, 6) is 0.361. The number of hydrogen-bond donors (Lipinski definition) is 1. The van der Waals surface area contributed by atoms with Crippen LogP contribution in [0.2, 0.25) is 5.02 Å². The summed E-state index contributed by atoms with van der Waals surface area (Å²) in [6.07, 6.45) is 1.63. The third kappa shape index (κ3) is 3.00.